The smallest absolute Gasteiger partial charge is 0.390 e. The van der Waals surface area contributed by atoms with E-state index in [0.29, 0.717) is 8.95 Å². The van der Waals surface area contributed by atoms with Crippen LogP contribution in [0.2, 0.25) is 0 Å². The minimum atomic E-state index is -4.36. The highest BCUT2D eigenvalue weighted by Crippen LogP contribution is 2.38. The van der Waals surface area contributed by atoms with Crippen molar-refractivity contribution >= 4 is 31.9 Å². The molecule has 0 radical (unpaired) electrons. The largest absolute Gasteiger partial charge is 0.506 e. The number of halogens is 5. The van der Waals surface area contributed by atoms with Gasteiger partial charge in [0.05, 0.1) is 10.9 Å². The van der Waals surface area contributed by atoms with Crippen LogP contribution in [0.4, 0.5) is 13.2 Å². The lowest BCUT2D eigenvalue weighted by atomic mass is 10.0. The van der Waals surface area contributed by atoms with E-state index in [2.05, 4.69) is 31.9 Å². The third-order valence-corrected chi connectivity index (χ3v) is 2.97. The molecule has 90 valence electrons. The van der Waals surface area contributed by atoms with E-state index < -0.39 is 18.6 Å². The van der Waals surface area contributed by atoms with E-state index in [1.54, 1.807) is 0 Å². The van der Waals surface area contributed by atoms with Crippen molar-refractivity contribution < 1.29 is 18.3 Å². The number of phenols is 1. The Morgan fingerprint density at radius 2 is 1.88 bits per heavy atom. The number of benzene rings is 1. The Morgan fingerprint density at radius 3 is 2.38 bits per heavy atom. The molecule has 0 aliphatic carbocycles. The first-order chi connectivity index (χ1) is 7.20. The quantitative estimate of drug-likeness (QED) is 0.838. The number of rotatable bonds is 2. The summed E-state index contributed by atoms with van der Waals surface area (Å²) in [4.78, 5) is 0. The molecule has 7 heteroatoms. The first-order valence-corrected chi connectivity index (χ1v) is 5.79. The molecule has 0 aliphatic rings. The zero-order chi connectivity index (χ0) is 12.5. The topological polar surface area (TPSA) is 46.2 Å². The minimum absolute atomic E-state index is 0.0542. The van der Waals surface area contributed by atoms with E-state index >= 15 is 0 Å². The maximum Gasteiger partial charge on any atom is 0.390 e. The Balaban J connectivity index is 3.04. The van der Waals surface area contributed by atoms with Gasteiger partial charge >= 0.3 is 6.18 Å². The normalized spacial score (nSPS) is 13.9. The van der Waals surface area contributed by atoms with Crippen molar-refractivity contribution in [3.05, 3.63) is 26.6 Å². The summed E-state index contributed by atoms with van der Waals surface area (Å²) in [5, 5.41) is 9.57. The average molecular weight is 363 g/mol. The molecular weight excluding hydrogens is 355 g/mol. The van der Waals surface area contributed by atoms with Crippen LogP contribution in [0.3, 0.4) is 0 Å². The standard InChI is InChI=1S/C9H8Br2F3NO/c10-4-1-5(8(16)6(11)2-4)7(15)3-9(12,13)14/h1-2,7,16H,3,15H2/t7-/m1/s1. The summed E-state index contributed by atoms with van der Waals surface area (Å²) >= 11 is 6.15. The Bertz CT molecular complexity index is 395. The van der Waals surface area contributed by atoms with Gasteiger partial charge < -0.3 is 10.8 Å². The molecule has 0 amide bonds. The maximum atomic E-state index is 12.1. The first-order valence-electron chi connectivity index (χ1n) is 4.21. The lowest BCUT2D eigenvalue weighted by Gasteiger charge is -2.16. The van der Waals surface area contributed by atoms with Gasteiger partial charge in [0.15, 0.2) is 0 Å². The molecule has 0 fully saturated rings. The molecule has 3 N–H and O–H groups in total. The van der Waals surface area contributed by atoms with Crippen LogP contribution in [0.5, 0.6) is 5.75 Å². The fourth-order valence-electron chi connectivity index (χ4n) is 1.23. The second kappa shape index (κ2) is 4.93. The highest BCUT2D eigenvalue weighted by molar-refractivity contribution is 9.11. The summed E-state index contributed by atoms with van der Waals surface area (Å²) in [7, 11) is 0. The van der Waals surface area contributed by atoms with Crippen LogP contribution in [0, 0.1) is 0 Å². The van der Waals surface area contributed by atoms with Crippen molar-refractivity contribution in [1.82, 2.24) is 0 Å². The molecule has 0 heterocycles. The lowest BCUT2D eigenvalue weighted by Crippen LogP contribution is -2.20. The van der Waals surface area contributed by atoms with Crippen LogP contribution in [-0.2, 0) is 0 Å². The molecule has 2 nitrogen and oxygen atoms in total. The van der Waals surface area contributed by atoms with Gasteiger partial charge in [-0.25, -0.2) is 0 Å². The zero-order valence-corrected chi connectivity index (χ0v) is 11.0. The fourth-order valence-corrected chi connectivity index (χ4v) is 2.49. The van der Waals surface area contributed by atoms with Gasteiger partial charge in [-0.05, 0) is 28.1 Å². The number of hydrogen-bond acceptors (Lipinski definition) is 2. The van der Waals surface area contributed by atoms with E-state index in [1.807, 2.05) is 0 Å². The van der Waals surface area contributed by atoms with Crippen molar-refractivity contribution in [3.63, 3.8) is 0 Å². The van der Waals surface area contributed by atoms with Crippen molar-refractivity contribution in [1.29, 1.82) is 0 Å². The molecule has 0 saturated carbocycles. The Kier molecular flexibility index (Phi) is 4.25. The van der Waals surface area contributed by atoms with Gasteiger partial charge in [-0.3, -0.25) is 0 Å². The average Bonchev–Trinajstić information content (AvgIpc) is 2.08. The molecule has 1 rings (SSSR count). The summed E-state index contributed by atoms with van der Waals surface area (Å²) in [5.74, 6) is -0.264. The van der Waals surface area contributed by atoms with Crippen LogP contribution >= 0.6 is 31.9 Å². The van der Waals surface area contributed by atoms with Crippen LogP contribution < -0.4 is 5.73 Å². The third kappa shape index (κ3) is 3.64. The second-order valence-corrected chi connectivity index (χ2v) is 5.02. The molecule has 1 aromatic carbocycles. The molecule has 1 atom stereocenters. The van der Waals surface area contributed by atoms with Crippen LogP contribution in [0.15, 0.2) is 21.1 Å². The van der Waals surface area contributed by atoms with Crippen molar-refractivity contribution in [2.45, 2.75) is 18.6 Å². The zero-order valence-electron chi connectivity index (χ0n) is 7.85. The number of aromatic hydroxyl groups is 1. The summed E-state index contributed by atoms with van der Waals surface area (Å²) < 4.78 is 37.3. The van der Waals surface area contributed by atoms with Crippen molar-refractivity contribution in [2.75, 3.05) is 0 Å². The van der Waals surface area contributed by atoms with E-state index in [4.69, 9.17) is 5.73 Å². The van der Waals surface area contributed by atoms with Crippen molar-refractivity contribution in [2.24, 2.45) is 5.73 Å². The molecule has 16 heavy (non-hydrogen) atoms. The van der Waals surface area contributed by atoms with E-state index in [0.717, 1.165) is 0 Å². The first kappa shape index (κ1) is 13.8. The predicted molar refractivity (Wildman–Crippen MR) is 61.1 cm³/mol. The highest BCUT2D eigenvalue weighted by Gasteiger charge is 2.32. The lowest BCUT2D eigenvalue weighted by molar-refractivity contribution is -0.138. The monoisotopic (exact) mass is 361 g/mol. The molecule has 0 unspecified atom stereocenters. The van der Waals surface area contributed by atoms with E-state index in [9.17, 15) is 18.3 Å². The molecule has 0 aliphatic heterocycles. The summed E-state index contributed by atoms with van der Waals surface area (Å²) in [5.41, 5.74) is 5.45. The van der Waals surface area contributed by atoms with Gasteiger partial charge in [-0.1, -0.05) is 15.9 Å². The Morgan fingerprint density at radius 1 is 1.31 bits per heavy atom. The number of phenolic OH excluding ortho intramolecular Hbond substituents is 1. The van der Waals surface area contributed by atoms with Crippen LogP contribution in [0.1, 0.15) is 18.0 Å². The SMILES string of the molecule is N[C@H](CC(F)(F)F)c1cc(Br)cc(Br)c1O. The van der Waals surface area contributed by atoms with E-state index in [1.165, 1.54) is 12.1 Å². The summed E-state index contributed by atoms with van der Waals surface area (Å²) in [6.07, 6.45) is -5.54. The van der Waals surface area contributed by atoms with Gasteiger partial charge in [0.25, 0.3) is 0 Å². The predicted octanol–water partition coefficient (Wildman–Crippen LogP) is 3.87. The molecule has 0 saturated heterocycles. The van der Waals surface area contributed by atoms with Crippen molar-refractivity contribution in [3.8, 4) is 5.75 Å². The Hall–Kier alpha value is -0.270. The van der Waals surface area contributed by atoms with Crippen LogP contribution in [-0.4, -0.2) is 11.3 Å². The molecule has 1 aromatic rings. The van der Waals surface area contributed by atoms with Gasteiger partial charge in [0.2, 0.25) is 0 Å². The Labute approximate surface area is 107 Å². The van der Waals surface area contributed by atoms with Gasteiger partial charge in [0.1, 0.15) is 5.75 Å². The van der Waals surface area contributed by atoms with Gasteiger partial charge in [-0.2, -0.15) is 13.2 Å². The number of alkyl halides is 3. The molecule has 0 bridgehead atoms. The minimum Gasteiger partial charge on any atom is -0.506 e. The van der Waals surface area contributed by atoms with Gasteiger partial charge in [0, 0.05) is 16.1 Å². The molecular formula is C9H8Br2F3NO. The van der Waals surface area contributed by atoms with Crippen LogP contribution in [0.25, 0.3) is 0 Å². The molecule has 0 aromatic heterocycles. The van der Waals surface area contributed by atoms with E-state index in [-0.39, 0.29) is 11.3 Å². The number of nitrogens with two attached hydrogens (primary N) is 1. The summed E-state index contributed by atoms with van der Waals surface area (Å²) in [6, 6.07) is 1.61. The third-order valence-electron chi connectivity index (χ3n) is 1.91. The number of hydrogen-bond donors (Lipinski definition) is 2. The second-order valence-electron chi connectivity index (χ2n) is 3.25. The maximum absolute atomic E-state index is 12.1. The van der Waals surface area contributed by atoms with Gasteiger partial charge in [-0.15, -0.1) is 0 Å². The summed E-state index contributed by atoms with van der Waals surface area (Å²) in [6.45, 7) is 0. The fraction of sp³-hybridized carbons (Fsp3) is 0.333. The molecule has 0 spiro atoms. The highest BCUT2D eigenvalue weighted by atomic mass is 79.9.